The van der Waals surface area contributed by atoms with Gasteiger partial charge in [-0.2, -0.15) is 4.98 Å². The lowest BCUT2D eigenvalue weighted by molar-refractivity contribution is 0.104. The van der Waals surface area contributed by atoms with Gasteiger partial charge in [0.1, 0.15) is 12.4 Å². The second kappa shape index (κ2) is 9.48. The summed E-state index contributed by atoms with van der Waals surface area (Å²) in [6.07, 6.45) is 0.708. The van der Waals surface area contributed by atoms with Crippen LogP contribution < -0.4 is 4.74 Å². The van der Waals surface area contributed by atoms with Crippen molar-refractivity contribution in [3.63, 3.8) is 0 Å². The fourth-order valence-electron chi connectivity index (χ4n) is 3.38. The minimum atomic E-state index is 0.701. The van der Waals surface area contributed by atoms with Crippen molar-refractivity contribution >= 4 is 0 Å². The van der Waals surface area contributed by atoms with Crippen molar-refractivity contribution in [2.45, 2.75) is 13.0 Å². The highest BCUT2D eigenvalue weighted by Crippen LogP contribution is 2.11. The molecule has 1 aliphatic rings. The van der Waals surface area contributed by atoms with Crippen molar-refractivity contribution < 1.29 is 9.26 Å². The Bertz CT molecular complexity index is 830. The molecular formula is C22H26N4O2. The van der Waals surface area contributed by atoms with E-state index in [1.54, 1.807) is 0 Å². The van der Waals surface area contributed by atoms with Crippen LogP contribution in [0, 0.1) is 0 Å². The Balaban J connectivity index is 1.17. The van der Waals surface area contributed by atoms with Crippen molar-refractivity contribution in [3.05, 3.63) is 77.9 Å². The third kappa shape index (κ3) is 5.41. The molecule has 0 spiro atoms. The van der Waals surface area contributed by atoms with E-state index in [1.807, 2.05) is 48.5 Å². The molecule has 0 amide bonds. The largest absolute Gasteiger partial charge is 0.492 e. The van der Waals surface area contributed by atoms with Crippen molar-refractivity contribution in [1.82, 2.24) is 19.9 Å². The zero-order valence-electron chi connectivity index (χ0n) is 16.0. The molecule has 0 bridgehead atoms. The molecule has 1 aliphatic heterocycles. The topological polar surface area (TPSA) is 54.6 Å². The molecule has 6 nitrogen and oxygen atoms in total. The van der Waals surface area contributed by atoms with Gasteiger partial charge < -0.3 is 9.26 Å². The normalized spacial score (nSPS) is 15.6. The molecule has 146 valence electrons. The van der Waals surface area contributed by atoms with E-state index >= 15 is 0 Å². The number of ether oxygens (including phenoxy) is 1. The number of hydrogen-bond acceptors (Lipinski definition) is 6. The minimum Gasteiger partial charge on any atom is -0.492 e. The Morgan fingerprint density at radius 3 is 2.29 bits per heavy atom. The summed E-state index contributed by atoms with van der Waals surface area (Å²) < 4.78 is 11.2. The predicted molar refractivity (Wildman–Crippen MR) is 107 cm³/mol. The molecule has 1 fully saturated rings. The van der Waals surface area contributed by atoms with Crippen LogP contribution in [0.5, 0.6) is 5.75 Å². The van der Waals surface area contributed by atoms with Crippen molar-refractivity contribution in [1.29, 1.82) is 0 Å². The fourth-order valence-corrected chi connectivity index (χ4v) is 3.38. The first-order valence-electron chi connectivity index (χ1n) is 9.83. The van der Waals surface area contributed by atoms with Crippen molar-refractivity contribution in [3.8, 4) is 5.75 Å². The van der Waals surface area contributed by atoms with Crippen LogP contribution in [-0.2, 0) is 13.0 Å². The van der Waals surface area contributed by atoms with Gasteiger partial charge in [-0.15, -0.1) is 0 Å². The molecule has 0 saturated carbocycles. The van der Waals surface area contributed by atoms with Gasteiger partial charge >= 0.3 is 0 Å². The number of hydrogen-bond donors (Lipinski definition) is 0. The van der Waals surface area contributed by atoms with E-state index in [4.69, 9.17) is 9.26 Å². The summed E-state index contributed by atoms with van der Waals surface area (Å²) in [7, 11) is 0. The van der Waals surface area contributed by atoms with Gasteiger partial charge in [0.2, 0.25) is 5.89 Å². The molecule has 0 unspecified atom stereocenters. The molecule has 4 rings (SSSR count). The second-order valence-corrected chi connectivity index (χ2v) is 7.05. The van der Waals surface area contributed by atoms with Gasteiger partial charge in [-0.05, 0) is 17.7 Å². The highest BCUT2D eigenvalue weighted by molar-refractivity contribution is 5.21. The average molecular weight is 378 g/mol. The zero-order chi connectivity index (χ0) is 19.0. The summed E-state index contributed by atoms with van der Waals surface area (Å²) in [4.78, 5) is 9.36. The Kier molecular flexibility index (Phi) is 6.32. The summed E-state index contributed by atoms with van der Waals surface area (Å²) in [6.45, 7) is 6.45. The minimum absolute atomic E-state index is 0.701. The summed E-state index contributed by atoms with van der Waals surface area (Å²) in [6, 6.07) is 20.2. The van der Waals surface area contributed by atoms with Gasteiger partial charge in [0.25, 0.3) is 0 Å². The number of para-hydroxylation sites is 1. The predicted octanol–water partition coefficient (Wildman–Crippen LogP) is 2.86. The molecule has 0 N–H and O–H groups in total. The maximum atomic E-state index is 5.79. The fraction of sp³-hybridized carbons (Fsp3) is 0.364. The highest BCUT2D eigenvalue weighted by Gasteiger charge is 2.19. The third-order valence-corrected chi connectivity index (χ3v) is 4.96. The molecule has 28 heavy (non-hydrogen) atoms. The van der Waals surface area contributed by atoms with E-state index in [9.17, 15) is 0 Å². The van der Waals surface area contributed by atoms with E-state index in [0.717, 1.165) is 57.4 Å². The van der Waals surface area contributed by atoms with Gasteiger partial charge in [-0.3, -0.25) is 9.80 Å². The smallest absolute Gasteiger partial charge is 0.240 e. The second-order valence-electron chi connectivity index (χ2n) is 7.05. The molecule has 3 aromatic rings. The molecule has 2 aromatic carbocycles. The first-order chi connectivity index (χ1) is 13.8. The molecule has 1 aromatic heterocycles. The molecule has 0 aliphatic carbocycles. The Hall–Kier alpha value is -2.70. The highest BCUT2D eigenvalue weighted by atomic mass is 16.5. The van der Waals surface area contributed by atoms with Crippen LogP contribution in [0.1, 0.15) is 17.3 Å². The summed E-state index contributed by atoms with van der Waals surface area (Å²) in [5, 5.41) is 4.12. The molecule has 1 saturated heterocycles. The van der Waals surface area contributed by atoms with Gasteiger partial charge in [0, 0.05) is 39.1 Å². The SMILES string of the molecule is c1ccc(Cc2noc(CN3CCN(CCOc4ccccc4)CC3)n2)cc1. The summed E-state index contributed by atoms with van der Waals surface area (Å²) in [5.74, 6) is 2.38. The van der Waals surface area contributed by atoms with Gasteiger partial charge in [0.15, 0.2) is 5.82 Å². The third-order valence-electron chi connectivity index (χ3n) is 4.96. The van der Waals surface area contributed by atoms with Gasteiger partial charge in [-0.25, -0.2) is 0 Å². The van der Waals surface area contributed by atoms with E-state index in [-0.39, 0.29) is 0 Å². The maximum Gasteiger partial charge on any atom is 0.240 e. The van der Waals surface area contributed by atoms with Crippen LogP contribution in [0.15, 0.2) is 65.2 Å². The first kappa shape index (κ1) is 18.7. The molecular weight excluding hydrogens is 352 g/mol. The Morgan fingerprint density at radius 1 is 0.857 bits per heavy atom. The number of nitrogens with zero attached hydrogens (tertiary/aromatic N) is 4. The van der Waals surface area contributed by atoms with E-state index in [1.165, 1.54) is 5.56 Å². The summed E-state index contributed by atoms with van der Waals surface area (Å²) in [5.41, 5.74) is 1.20. The van der Waals surface area contributed by atoms with E-state index in [0.29, 0.717) is 12.3 Å². The lowest BCUT2D eigenvalue weighted by Gasteiger charge is -2.33. The molecule has 0 atom stereocenters. The van der Waals surface area contributed by atoms with Crippen molar-refractivity contribution in [2.24, 2.45) is 0 Å². The van der Waals surface area contributed by atoms with E-state index in [2.05, 4.69) is 32.1 Å². The Morgan fingerprint density at radius 2 is 1.54 bits per heavy atom. The van der Waals surface area contributed by atoms with Crippen LogP contribution in [0.3, 0.4) is 0 Å². The lowest BCUT2D eigenvalue weighted by Crippen LogP contribution is -2.47. The van der Waals surface area contributed by atoms with Crippen LogP contribution in [0.2, 0.25) is 0 Å². The quantitative estimate of drug-likeness (QED) is 0.601. The van der Waals surface area contributed by atoms with Crippen LogP contribution in [-0.4, -0.2) is 59.3 Å². The number of rotatable bonds is 8. The van der Waals surface area contributed by atoms with Gasteiger partial charge in [-0.1, -0.05) is 53.7 Å². The van der Waals surface area contributed by atoms with Crippen LogP contribution in [0.25, 0.3) is 0 Å². The number of piperazine rings is 1. The number of aromatic nitrogens is 2. The number of benzene rings is 2. The molecule has 6 heteroatoms. The lowest BCUT2D eigenvalue weighted by atomic mass is 10.1. The van der Waals surface area contributed by atoms with Crippen LogP contribution >= 0.6 is 0 Å². The van der Waals surface area contributed by atoms with Gasteiger partial charge in [0.05, 0.1) is 6.54 Å². The maximum absolute atomic E-state index is 5.79. The standard InChI is InChI=1S/C22H26N4O2/c1-3-7-19(8-4-1)17-21-23-22(28-24-21)18-26-13-11-25(12-14-26)15-16-27-20-9-5-2-6-10-20/h1-10H,11-18H2. The van der Waals surface area contributed by atoms with Crippen LogP contribution in [0.4, 0.5) is 0 Å². The average Bonchev–Trinajstić information content (AvgIpc) is 3.17. The van der Waals surface area contributed by atoms with E-state index < -0.39 is 0 Å². The Labute approximate surface area is 165 Å². The molecule has 0 radical (unpaired) electrons. The van der Waals surface area contributed by atoms with Crippen molar-refractivity contribution in [2.75, 3.05) is 39.3 Å². The first-order valence-corrected chi connectivity index (χ1v) is 9.83. The zero-order valence-corrected chi connectivity index (χ0v) is 16.0. The molecule has 2 heterocycles. The summed E-state index contributed by atoms with van der Waals surface area (Å²) >= 11 is 0. The monoisotopic (exact) mass is 378 g/mol.